The maximum atomic E-state index is 13.9. The van der Waals surface area contributed by atoms with E-state index in [4.69, 9.17) is 0 Å². The van der Waals surface area contributed by atoms with Crippen molar-refractivity contribution in [2.45, 2.75) is 31.1 Å². The molecule has 0 spiro atoms. The van der Waals surface area contributed by atoms with Crippen LogP contribution in [0.3, 0.4) is 0 Å². The number of aldehydes is 1. The Balaban J connectivity index is 1.52. The van der Waals surface area contributed by atoms with Crippen LogP contribution in [-0.2, 0) is 25.7 Å². The summed E-state index contributed by atoms with van der Waals surface area (Å²) < 4.78 is 13.4. The van der Waals surface area contributed by atoms with E-state index >= 15 is 0 Å². The van der Waals surface area contributed by atoms with Gasteiger partial charge in [0.15, 0.2) is 12.1 Å². The zero-order valence-electron chi connectivity index (χ0n) is 23.6. The van der Waals surface area contributed by atoms with E-state index in [-0.39, 0.29) is 37.9 Å². The number of carbonyl (C=O) groups excluding carboxylic acids is 3. The number of fused-ring (bicyclic) bond motifs is 1. The predicted molar refractivity (Wildman–Crippen MR) is 156 cm³/mol. The number of hydrogen-bond acceptors (Lipinski definition) is 6. The first kappa shape index (κ1) is 29.6. The number of piperazine rings is 1. The minimum atomic E-state index is -1.27. The number of hydrazine groups is 1. The molecule has 0 aliphatic carbocycles. The highest BCUT2D eigenvalue weighted by Gasteiger charge is 2.51. The van der Waals surface area contributed by atoms with Gasteiger partial charge in [-0.3, -0.25) is 29.2 Å². The van der Waals surface area contributed by atoms with Crippen LogP contribution in [-0.4, -0.2) is 93.7 Å². The summed E-state index contributed by atoms with van der Waals surface area (Å²) in [6.45, 7) is 0.136. The second-order valence-corrected chi connectivity index (χ2v) is 10.6. The number of nitrogens with zero attached hydrogens (tertiary/aromatic N) is 5. The molecule has 222 valence electrons. The number of halogens is 1. The predicted octanol–water partition coefficient (Wildman–Crippen LogP) is 2.76. The van der Waals surface area contributed by atoms with Crippen molar-refractivity contribution in [2.75, 3.05) is 26.7 Å². The lowest BCUT2D eigenvalue weighted by Gasteiger charge is -2.55. The van der Waals surface area contributed by atoms with Gasteiger partial charge < -0.3 is 14.9 Å². The number of hydrogen-bond donors (Lipinski definition) is 1. The monoisotopic (exact) mass is 585 g/mol. The van der Waals surface area contributed by atoms with E-state index in [1.807, 2.05) is 60.7 Å². The maximum absolute atomic E-state index is 13.9. The SMILES string of the molecule is CN1CC(=O)N2[C@@H](CC(=O)O)C(=O)N(CC(c3ccccc3)c3ccccc3)C[C@@H]2N1C(C=O)=NCc1ccc(F)cc1. The molecule has 0 saturated carbocycles. The van der Waals surface area contributed by atoms with Crippen molar-refractivity contribution in [3.05, 3.63) is 107 Å². The standard InChI is InChI=1S/C32H32FN5O5/c1-35-20-30(40)37-27(16-31(41)42)32(43)36(18-26(23-8-4-2-5-9-23)24-10-6-3-7-11-24)19-29(37)38(35)28(21-39)34-17-22-12-14-25(33)15-13-22/h2-15,21,26-27,29H,16-20H2,1H3,(H,41,42)/t27-,29-/m0/s1. The average Bonchev–Trinajstić information content (AvgIpc) is 3.00. The topological polar surface area (TPSA) is 114 Å². The Morgan fingerprint density at radius 1 is 1.00 bits per heavy atom. The molecule has 2 fully saturated rings. The van der Waals surface area contributed by atoms with Gasteiger partial charge in [0, 0.05) is 19.5 Å². The molecule has 43 heavy (non-hydrogen) atoms. The molecule has 2 aliphatic rings. The third-order valence-corrected chi connectivity index (χ3v) is 7.79. The Morgan fingerprint density at radius 3 is 2.16 bits per heavy atom. The van der Waals surface area contributed by atoms with Crippen LogP contribution in [0.4, 0.5) is 4.39 Å². The van der Waals surface area contributed by atoms with Crippen molar-refractivity contribution in [3.8, 4) is 0 Å². The number of rotatable bonds is 9. The summed E-state index contributed by atoms with van der Waals surface area (Å²) in [5, 5.41) is 12.9. The molecule has 1 N–H and O–H groups in total. The van der Waals surface area contributed by atoms with E-state index in [0.717, 1.165) is 11.1 Å². The van der Waals surface area contributed by atoms with Gasteiger partial charge in [-0.15, -0.1) is 0 Å². The largest absolute Gasteiger partial charge is 0.481 e. The van der Waals surface area contributed by atoms with Gasteiger partial charge in [0.1, 0.15) is 18.0 Å². The molecule has 10 nitrogen and oxygen atoms in total. The Kier molecular flexibility index (Phi) is 8.91. The number of amidine groups is 1. The summed E-state index contributed by atoms with van der Waals surface area (Å²) in [6, 6.07) is 23.9. The molecule has 11 heteroatoms. The fourth-order valence-corrected chi connectivity index (χ4v) is 5.79. The highest BCUT2D eigenvalue weighted by Crippen LogP contribution is 2.31. The smallest absolute Gasteiger partial charge is 0.305 e. The molecule has 0 radical (unpaired) electrons. The molecule has 5 rings (SSSR count). The third-order valence-electron chi connectivity index (χ3n) is 7.79. The quantitative estimate of drug-likeness (QED) is 0.233. The van der Waals surface area contributed by atoms with Crippen LogP contribution < -0.4 is 0 Å². The Morgan fingerprint density at radius 2 is 1.60 bits per heavy atom. The summed E-state index contributed by atoms with van der Waals surface area (Å²) in [4.78, 5) is 59.0. The number of benzene rings is 3. The van der Waals surface area contributed by atoms with Crippen molar-refractivity contribution in [2.24, 2.45) is 4.99 Å². The van der Waals surface area contributed by atoms with E-state index in [0.29, 0.717) is 11.8 Å². The molecule has 0 bridgehead atoms. The van der Waals surface area contributed by atoms with Crippen molar-refractivity contribution >= 4 is 29.9 Å². The van der Waals surface area contributed by atoms with E-state index in [9.17, 15) is 28.7 Å². The lowest BCUT2D eigenvalue weighted by atomic mass is 9.90. The van der Waals surface area contributed by atoms with Crippen LogP contribution in [0.2, 0.25) is 0 Å². The fraction of sp³-hybridized carbons (Fsp3) is 0.281. The molecule has 2 heterocycles. The Labute approximate surface area is 248 Å². The van der Waals surface area contributed by atoms with Crippen LogP contribution >= 0.6 is 0 Å². The van der Waals surface area contributed by atoms with Crippen molar-refractivity contribution < 1.29 is 28.7 Å². The van der Waals surface area contributed by atoms with Gasteiger partial charge in [-0.2, -0.15) is 0 Å². The molecular weight excluding hydrogens is 553 g/mol. The first-order chi connectivity index (χ1) is 20.8. The van der Waals surface area contributed by atoms with Crippen LogP contribution in [0.1, 0.15) is 29.0 Å². The molecule has 3 aromatic carbocycles. The first-order valence-corrected chi connectivity index (χ1v) is 13.9. The fourth-order valence-electron chi connectivity index (χ4n) is 5.79. The van der Waals surface area contributed by atoms with E-state index in [1.54, 1.807) is 34.1 Å². The van der Waals surface area contributed by atoms with E-state index in [2.05, 4.69) is 4.99 Å². The average molecular weight is 586 g/mol. The Hall–Kier alpha value is -4.90. The highest BCUT2D eigenvalue weighted by atomic mass is 19.1. The number of carbonyl (C=O) groups is 4. The summed E-state index contributed by atoms with van der Waals surface area (Å²) in [5.74, 6) is -2.74. The molecule has 2 atom stereocenters. The molecule has 0 unspecified atom stereocenters. The normalized spacial score (nSPS) is 19.5. The molecule has 2 amide bonds. The summed E-state index contributed by atoms with van der Waals surface area (Å²) in [5.41, 5.74) is 2.62. The van der Waals surface area contributed by atoms with Gasteiger partial charge in [0.25, 0.3) is 0 Å². The van der Waals surface area contributed by atoms with Gasteiger partial charge in [0.2, 0.25) is 11.8 Å². The zero-order valence-corrected chi connectivity index (χ0v) is 23.6. The third kappa shape index (κ3) is 6.46. The molecule has 0 aromatic heterocycles. The van der Waals surface area contributed by atoms with Gasteiger partial charge in [0.05, 0.1) is 26.1 Å². The molecular formula is C32H32FN5O5. The Bertz CT molecular complexity index is 1460. The second kappa shape index (κ2) is 13.0. The number of amides is 2. The van der Waals surface area contributed by atoms with Crippen molar-refractivity contribution in [3.63, 3.8) is 0 Å². The van der Waals surface area contributed by atoms with Crippen molar-refractivity contribution in [1.29, 1.82) is 0 Å². The minimum absolute atomic E-state index is 0.000340. The van der Waals surface area contributed by atoms with Gasteiger partial charge >= 0.3 is 5.97 Å². The molecule has 2 saturated heterocycles. The number of carboxylic acid groups (broad SMARTS) is 1. The maximum Gasteiger partial charge on any atom is 0.305 e. The van der Waals surface area contributed by atoms with Crippen LogP contribution in [0.5, 0.6) is 0 Å². The first-order valence-electron chi connectivity index (χ1n) is 13.9. The highest BCUT2D eigenvalue weighted by molar-refractivity contribution is 6.27. The van der Waals surface area contributed by atoms with E-state index in [1.165, 1.54) is 17.0 Å². The van der Waals surface area contributed by atoms with Crippen LogP contribution in [0.25, 0.3) is 0 Å². The van der Waals surface area contributed by atoms with Crippen LogP contribution in [0, 0.1) is 5.82 Å². The number of aliphatic carboxylic acids is 1. The molecule has 2 aliphatic heterocycles. The molecule has 3 aromatic rings. The number of carboxylic acids is 1. The van der Waals surface area contributed by atoms with Gasteiger partial charge in [-0.1, -0.05) is 72.8 Å². The number of likely N-dealkylation sites (N-methyl/N-ethyl adjacent to an activating group) is 1. The lowest BCUT2D eigenvalue weighted by molar-refractivity contribution is -0.186. The minimum Gasteiger partial charge on any atom is -0.481 e. The van der Waals surface area contributed by atoms with Crippen LogP contribution in [0.15, 0.2) is 89.9 Å². The second-order valence-electron chi connectivity index (χ2n) is 10.6. The lowest BCUT2D eigenvalue weighted by Crippen LogP contribution is -2.75. The van der Waals surface area contributed by atoms with E-state index < -0.39 is 42.2 Å². The number of aliphatic imine (C=N–C) groups is 1. The van der Waals surface area contributed by atoms with Gasteiger partial charge in [-0.25, -0.2) is 9.40 Å². The van der Waals surface area contributed by atoms with Gasteiger partial charge in [-0.05, 0) is 28.8 Å². The summed E-state index contributed by atoms with van der Waals surface area (Å²) in [6.07, 6.45) is -0.894. The zero-order chi connectivity index (χ0) is 30.5. The van der Waals surface area contributed by atoms with Crippen molar-refractivity contribution in [1.82, 2.24) is 19.8 Å². The summed E-state index contributed by atoms with van der Waals surface area (Å²) in [7, 11) is 1.63. The summed E-state index contributed by atoms with van der Waals surface area (Å²) >= 11 is 0.